The number of aryl methyl sites for hydroxylation is 1. The van der Waals surface area contributed by atoms with Crippen molar-refractivity contribution in [3.8, 4) is 0 Å². The van der Waals surface area contributed by atoms with Crippen molar-refractivity contribution >= 4 is 46.0 Å². The van der Waals surface area contributed by atoms with E-state index in [1.54, 1.807) is 29.2 Å². The Hall–Kier alpha value is -2.30. The Morgan fingerprint density at radius 2 is 1.72 bits per heavy atom. The first-order chi connectivity index (χ1) is 15.4. The fourth-order valence-corrected chi connectivity index (χ4v) is 4.42. The number of nitrogens with zero attached hydrogens (tertiary/aromatic N) is 3. The minimum absolute atomic E-state index is 0.00840. The van der Waals surface area contributed by atoms with Crippen LogP contribution >= 0.6 is 22.6 Å². The van der Waals surface area contributed by atoms with Gasteiger partial charge in [-0.2, -0.15) is 0 Å². The first-order valence-electron chi connectivity index (χ1n) is 10.7. The van der Waals surface area contributed by atoms with Crippen LogP contribution in [0.25, 0.3) is 0 Å². The Bertz CT molecular complexity index is 987. The second-order valence-electron chi connectivity index (χ2n) is 8.08. The van der Waals surface area contributed by atoms with Gasteiger partial charge in [-0.25, -0.2) is 4.90 Å². The summed E-state index contributed by atoms with van der Waals surface area (Å²) < 4.78 is 6.43. The van der Waals surface area contributed by atoms with E-state index in [1.807, 2.05) is 31.2 Å². The highest BCUT2D eigenvalue weighted by Gasteiger charge is 2.44. The molecule has 0 bridgehead atoms. The highest BCUT2D eigenvalue weighted by Crippen LogP contribution is 2.27. The van der Waals surface area contributed by atoms with E-state index in [-0.39, 0.29) is 24.1 Å². The third kappa shape index (κ3) is 5.02. The summed E-state index contributed by atoms with van der Waals surface area (Å²) in [7, 11) is 0. The molecule has 2 heterocycles. The summed E-state index contributed by atoms with van der Waals surface area (Å²) in [4.78, 5) is 44.7. The van der Waals surface area contributed by atoms with Crippen LogP contribution in [0.5, 0.6) is 0 Å². The van der Waals surface area contributed by atoms with Crippen molar-refractivity contribution in [2.24, 2.45) is 0 Å². The Morgan fingerprint density at radius 3 is 2.38 bits per heavy atom. The van der Waals surface area contributed by atoms with Crippen LogP contribution in [0.1, 0.15) is 22.3 Å². The molecule has 8 heteroatoms. The van der Waals surface area contributed by atoms with E-state index in [0.717, 1.165) is 22.2 Å². The molecule has 1 atom stereocenters. The summed E-state index contributed by atoms with van der Waals surface area (Å²) >= 11 is 2.18. The zero-order chi connectivity index (χ0) is 22.7. The van der Waals surface area contributed by atoms with Crippen molar-refractivity contribution in [2.75, 3.05) is 44.3 Å². The number of anilines is 1. The van der Waals surface area contributed by atoms with Crippen LogP contribution < -0.4 is 4.90 Å². The zero-order valence-corrected chi connectivity index (χ0v) is 20.2. The maximum Gasteiger partial charge on any atom is 0.257 e. The smallest absolute Gasteiger partial charge is 0.257 e. The lowest BCUT2D eigenvalue weighted by atomic mass is 10.1. The predicted octanol–water partition coefficient (Wildman–Crippen LogP) is 2.71. The van der Waals surface area contributed by atoms with Gasteiger partial charge in [-0.1, -0.05) is 17.7 Å². The SMILES string of the molecule is Cc1ccc(C(=O)N(CCN2CCOCC2)C2CC(=O)N(c3ccc(I)cc3)C2=O)cc1. The van der Waals surface area contributed by atoms with Crippen molar-refractivity contribution in [1.29, 1.82) is 0 Å². The summed E-state index contributed by atoms with van der Waals surface area (Å²) in [6.45, 7) is 5.86. The molecule has 4 rings (SSSR count). The summed E-state index contributed by atoms with van der Waals surface area (Å²) in [6, 6.07) is 13.8. The van der Waals surface area contributed by atoms with Crippen molar-refractivity contribution < 1.29 is 19.1 Å². The topological polar surface area (TPSA) is 70.2 Å². The van der Waals surface area contributed by atoms with Gasteiger partial charge in [0.1, 0.15) is 6.04 Å². The standard InChI is InChI=1S/C24H26IN3O4/c1-17-2-4-18(5-3-17)23(30)27(11-10-26-12-14-32-15-13-26)21-16-22(29)28(24(21)31)20-8-6-19(25)7-9-20/h2-9,21H,10-16H2,1H3. The number of hydrogen-bond donors (Lipinski definition) is 0. The van der Waals surface area contributed by atoms with Gasteiger partial charge in [-0.05, 0) is 65.9 Å². The number of rotatable bonds is 6. The van der Waals surface area contributed by atoms with Crippen molar-refractivity contribution in [3.05, 3.63) is 63.2 Å². The predicted molar refractivity (Wildman–Crippen MR) is 130 cm³/mol. The molecule has 2 aromatic carbocycles. The minimum Gasteiger partial charge on any atom is -0.379 e. The number of ether oxygens (including phenoxy) is 1. The number of hydrogen-bond acceptors (Lipinski definition) is 5. The number of carbonyl (C=O) groups excluding carboxylic acids is 3. The van der Waals surface area contributed by atoms with Crippen LogP contribution in [0.2, 0.25) is 0 Å². The normalized spacial score (nSPS) is 19.4. The average molecular weight is 547 g/mol. The van der Waals surface area contributed by atoms with Gasteiger partial charge in [0.15, 0.2) is 0 Å². The van der Waals surface area contributed by atoms with Gasteiger partial charge in [0.25, 0.3) is 11.8 Å². The van der Waals surface area contributed by atoms with E-state index in [0.29, 0.717) is 37.6 Å². The molecular weight excluding hydrogens is 521 g/mol. The Labute approximate surface area is 201 Å². The zero-order valence-electron chi connectivity index (χ0n) is 18.0. The summed E-state index contributed by atoms with van der Waals surface area (Å²) in [6.07, 6.45) is -0.00840. The molecule has 7 nitrogen and oxygen atoms in total. The lowest BCUT2D eigenvalue weighted by Gasteiger charge is -2.32. The fraction of sp³-hybridized carbons (Fsp3) is 0.375. The molecule has 1 unspecified atom stereocenters. The molecule has 0 aromatic heterocycles. The van der Waals surface area contributed by atoms with E-state index >= 15 is 0 Å². The Morgan fingerprint density at radius 1 is 1.06 bits per heavy atom. The van der Waals surface area contributed by atoms with Gasteiger partial charge in [-0.3, -0.25) is 19.3 Å². The first-order valence-corrected chi connectivity index (χ1v) is 11.8. The van der Waals surface area contributed by atoms with Crippen molar-refractivity contribution in [1.82, 2.24) is 9.80 Å². The van der Waals surface area contributed by atoms with Crippen LogP contribution in [0.4, 0.5) is 5.69 Å². The molecule has 0 saturated carbocycles. The molecule has 2 aliphatic heterocycles. The highest BCUT2D eigenvalue weighted by atomic mass is 127. The molecule has 2 aliphatic rings. The van der Waals surface area contributed by atoms with Crippen molar-refractivity contribution in [2.45, 2.75) is 19.4 Å². The van der Waals surface area contributed by atoms with Gasteiger partial charge < -0.3 is 9.64 Å². The fourth-order valence-electron chi connectivity index (χ4n) is 4.06. The number of morpholine rings is 1. The lowest BCUT2D eigenvalue weighted by Crippen LogP contribution is -2.49. The highest BCUT2D eigenvalue weighted by molar-refractivity contribution is 14.1. The second kappa shape index (κ2) is 10.1. The van der Waals surface area contributed by atoms with Crippen LogP contribution in [-0.2, 0) is 14.3 Å². The number of amides is 3. The van der Waals surface area contributed by atoms with Crippen LogP contribution in [0.15, 0.2) is 48.5 Å². The third-order valence-electron chi connectivity index (χ3n) is 5.90. The molecule has 0 aliphatic carbocycles. The van der Waals surface area contributed by atoms with Gasteiger partial charge >= 0.3 is 0 Å². The molecule has 0 radical (unpaired) electrons. The van der Waals surface area contributed by atoms with Gasteiger partial charge in [-0.15, -0.1) is 0 Å². The number of benzene rings is 2. The second-order valence-corrected chi connectivity index (χ2v) is 9.33. The number of halogens is 1. The molecule has 2 fully saturated rings. The number of carbonyl (C=O) groups is 3. The molecule has 0 N–H and O–H groups in total. The van der Waals surface area contributed by atoms with E-state index < -0.39 is 6.04 Å². The number of imide groups is 1. The first kappa shape index (κ1) is 22.9. The molecular formula is C24H26IN3O4. The van der Waals surface area contributed by atoms with E-state index in [2.05, 4.69) is 27.5 Å². The quantitative estimate of drug-likeness (QED) is 0.411. The Balaban J connectivity index is 1.58. The third-order valence-corrected chi connectivity index (χ3v) is 6.62. The van der Waals surface area contributed by atoms with E-state index in [9.17, 15) is 14.4 Å². The molecule has 3 amide bonds. The molecule has 32 heavy (non-hydrogen) atoms. The summed E-state index contributed by atoms with van der Waals surface area (Å²) in [5, 5.41) is 0. The van der Waals surface area contributed by atoms with Gasteiger partial charge in [0.2, 0.25) is 5.91 Å². The van der Waals surface area contributed by atoms with E-state index in [1.165, 1.54) is 4.90 Å². The van der Waals surface area contributed by atoms with E-state index in [4.69, 9.17) is 4.74 Å². The van der Waals surface area contributed by atoms with Gasteiger partial charge in [0, 0.05) is 35.3 Å². The molecule has 0 spiro atoms. The molecule has 168 valence electrons. The molecule has 2 saturated heterocycles. The van der Waals surface area contributed by atoms with Crippen molar-refractivity contribution in [3.63, 3.8) is 0 Å². The largest absolute Gasteiger partial charge is 0.379 e. The van der Waals surface area contributed by atoms with Crippen LogP contribution in [0, 0.1) is 10.5 Å². The minimum atomic E-state index is -0.809. The lowest BCUT2D eigenvalue weighted by molar-refractivity contribution is -0.122. The summed E-state index contributed by atoms with van der Waals surface area (Å²) in [5.41, 5.74) is 2.11. The maximum absolute atomic E-state index is 13.5. The maximum atomic E-state index is 13.5. The Kier molecular flexibility index (Phi) is 7.22. The average Bonchev–Trinajstić information content (AvgIpc) is 3.09. The summed E-state index contributed by atoms with van der Waals surface area (Å²) in [5.74, 6) is -0.859. The van der Waals surface area contributed by atoms with Crippen LogP contribution in [0.3, 0.4) is 0 Å². The van der Waals surface area contributed by atoms with Crippen LogP contribution in [-0.4, -0.2) is 73.0 Å². The monoisotopic (exact) mass is 547 g/mol. The molecule has 2 aromatic rings. The van der Waals surface area contributed by atoms with Gasteiger partial charge in [0.05, 0.1) is 25.3 Å².